The lowest BCUT2D eigenvalue weighted by Crippen LogP contribution is -2.74. The fourth-order valence-electron chi connectivity index (χ4n) is 10.7. The van der Waals surface area contributed by atoms with Gasteiger partial charge in [-0.2, -0.15) is 5.26 Å². The van der Waals surface area contributed by atoms with Gasteiger partial charge in [0.05, 0.1) is 12.2 Å². The molecule has 42 heavy (non-hydrogen) atoms. The summed E-state index contributed by atoms with van der Waals surface area (Å²) < 4.78 is 5.21. The monoisotopic (exact) mass is 578 g/mol. The van der Waals surface area contributed by atoms with Crippen molar-refractivity contribution in [3.63, 3.8) is 0 Å². The summed E-state index contributed by atoms with van der Waals surface area (Å²) in [5, 5.41) is 23.0. The highest BCUT2D eigenvalue weighted by molar-refractivity contribution is 6.05. The number of carbonyl (C=O) groups excluding carboxylic acids is 3. The van der Waals surface area contributed by atoms with Gasteiger partial charge in [0.2, 0.25) is 5.91 Å². The molecule has 0 unspecified atom stereocenters. The van der Waals surface area contributed by atoms with E-state index in [-0.39, 0.29) is 40.3 Å². The molecule has 0 aromatic heterocycles. The molecule has 0 aromatic rings. The largest absolute Gasteiger partial charge is 0.383 e. The van der Waals surface area contributed by atoms with E-state index in [2.05, 4.69) is 33.8 Å². The van der Waals surface area contributed by atoms with Crippen molar-refractivity contribution in [1.82, 2.24) is 4.90 Å². The van der Waals surface area contributed by atoms with Crippen LogP contribution in [0.3, 0.4) is 0 Å². The third kappa shape index (κ3) is 3.67. The minimum absolute atomic E-state index is 0.0412. The molecule has 0 heterocycles. The molecule has 0 saturated heterocycles. The fourth-order valence-corrected chi connectivity index (χ4v) is 10.7. The summed E-state index contributed by atoms with van der Waals surface area (Å²) in [5.41, 5.74) is -4.14. The number of fused-ring (bicyclic) bond motifs is 7. The van der Waals surface area contributed by atoms with Crippen molar-refractivity contribution < 1.29 is 24.2 Å². The van der Waals surface area contributed by atoms with Crippen molar-refractivity contribution >= 4 is 17.5 Å². The quantitative estimate of drug-likeness (QED) is 0.477. The number of hydrogen-bond donors (Lipinski definition) is 1. The lowest BCUT2D eigenvalue weighted by molar-refractivity contribution is -0.243. The SMILES string of the molecule is COCCN(C)C(=O)[C@@]1(C)CC[C@]2(C)CC[C@@]3(C)[C@]4(C)CC[C@H]5C(C)(C)C(=O)C(C#N)=C[C@]5(C)C4=CC(=O)[C@]3(O)[C@@H]2C1. The van der Waals surface area contributed by atoms with Gasteiger partial charge in [-0.15, -0.1) is 0 Å². The first-order valence-corrected chi connectivity index (χ1v) is 15.7. The molecule has 7 nitrogen and oxygen atoms in total. The van der Waals surface area contributed by atoms with E-state index in [1.807, 2.05) is 26.8 Å². The van der Waals surface area contributed by atoms with Crippen LogP contribution in [-0.2, 0) is 19.1 Å². The zero-order valence-electron chi connectivity index (χ0n) is 27.1. The van der Waals surface area contributed by atoms with Crippen LogP contribution >= 0.6 is 0 Å². The molecule has 5 aliphatic carbocycles. The van der Waals surface area contributed by atoms with E-state index in [9.17, 15) is 24.8 Å². The van der Waals surface area contributed by atoms with E-state index in [1.54, 1.807) is 25.1 Å². The van der Waals surface area contributed by atoms with Crippen molar-refractivity contribution in [2.45, 2.75) is 99.0 Å². The van der Waals surface area contributed by atoms with E-state index < -0.39 is 32.7 Å². The predicted octanol–water partition coefficient (Wildman–Crippen LogP) is 5.43. The van der Waals surface area contributed by atoms with Gasteiger partial charge in [-0.3, -0.25) is 14.4 Å². The van der Waals surface area contributed by atoms with Crippen molar-refractivity contribution in [2.24, 2.45) is 44.3 Å². The molecule has 0 aromatic carbocycles. The predicted molar refractivity (Wildman–Crippen MR) is 160 cm³/mol. The van der Waals surface area contributed by atoms with Crippen molar-refractivity contribution in [2.75, 3.05) is 27.3 Å². The topological polar surface area (TPSA) is 108 Å². The standard InChI is InChI=1S/C35H50N2O5/c1-29(2)23-10-11-33(6)24(32(23,5)19-22(21-36)27(29)39)18-26(38)35(41)25-20-31(4,28(40)37(8)16-17-42-9)13-12-30(25,3)14-15-34(33,35)7/h18-19,23,25,41H,10-17,20H2,1-9H3/t23-,25+,30+,31-,32-,33+,34-,35+/m0/s1. The smallest absolute Gasteiger partial charge is 0.228 e. The molecular weight excluding hydrogens is 528 g/mol. The third-order valence-corrected chi connectivity index (χ3v) is 13.7. The second kappa shape index (κ2) is 9.35. The Hall–Kier alpha value is -2.30. The average Bonchev–Trinajstić information content (AvgIpc) is 2.93. The minimum atomic E-state index is -1.63. The van der Waals surface area contributed by atoms with E-state index in [0.29, 0.717) is 26.0 Å². The normalized spacial score (nSPS) is 45.7. The van der Waals surface area contributed by atoms with Crippen molar-refractivity contribution in [1.29, 1.82) is 5.26 Å². The Balaban J connectivity index is 1.64. The van der Waals surface area contributed by atoms with E-state index in [4.69, 9.17) is 4.74 Å². The summed E-state index contributed by atoms with van der Waals surface area (Å²) in [7, 11) is 3.43. The lowest BCUT2D eigenvalue weighted by Gasteiger charge is -2.71. The zero-order chi connectivity index (χ0) is 31.3. The highest BCUT2D eigenvalue weighted by Crippen LogP contribution is 2.75. The number of allylic oxidation sites excluding steroid dienone is 3. The van der Waals surface area contributed by atoms with Crippen LogP contribution < -0.4 is 0 Å². The molecule has 0 aliphatic heterocycles. The van der Waals surface area contributed by atoms with E-state index in [0.717, 1.165) is 37.7 Å². The second-order valence-electron chi connectivity index (χ2n) is 16.1. The first-order chi connectivity index (χ1) is 19.3. The summed E-state index contributed by atoms with van der Waals surface area (Å²) in [5.74, 6) is -0.787. The number of aliphatic hydroxyl groups is 1. The van der Waals surface area contributed by atoms with Crippen LogP contribution in [0.25, 0.3) is 0 Å². The molecule has 0 spiro atoms. The van der Waals surface area contributed by atoms with Gasteiger partial charge < -0.3 is 14.7 Å². The number of nitrogens with zero attached hydrogens (tertiary/aromatic N) is 2. The van der Waals surface area contributed by atoms with Gasteiger partial charge in [0.25, 0.3) is 0 Å². The number of carbonyl (C=O) groups is 3. The Morgan fingerprint density at radius 3 is 2.31 bits per heavy atom. The second-order valence-corrected chi connectivity index (χ2v) is 16.1. The van der Waals surface area contributed by atoms with Gasteiger partial charge in [0, 0.05) is 48.3 Å². The fraction of sp³-hybridized carbons (Fsp3) is 0.771. The number of ketones is 2. The van der Waals surface area contributed by atoms with Gasteiger partial charge in [-0.25, -0.2) is 0 Å². The van der Waals surface area contributed by atoms with E-state index in [1.165, 1.54) is 0 Å². The minimum Gasteiger partial charge on any atom is -0.383 e. The highest BCUT2D eigenvalue weighted by Gasteiger charge is 2.75. The summed E-state index contributed by atoms with van der Waals surface area (Å²) in [6, 6.07) is 2.15. The average molecular weight is 579 g/mol. The number of rotatable bonds is 4. The number of Topliss-reactive ketones (excluding diaryl/α,β-unsaturated/α-hetero) is 1. The number of methoxy groups -OCH3 is 1. The Bertz CT molecular complexity index is 1340. The first-order valence-electron chi connectivity index (χ1n) is 15.7. The third-order valence-electron chi connectivity index (χ3n) is 13.7. The van der Waals surface area contributed by atoms with Gasteiger partial charge >= 0.3 is 0 Å². The maximum Gasteiger partial charge on any atom is 0.228 e. The maximum atomic E-state index is 14.6. The molecule has 3 fully saturated rings. The molecule has 1 N–H and O–H groups in total. The van der Waals surface area contributed by atoms with Crippen molar-refractivity contribution in [3.8, 4) is 6.07 Å². The van der Waals surface area contributed by atoms with Gasteiger partial charge in [0.1, 0.15) is 11.7 Å². The molecule has 230 valence electrons. The first kappa shape index (κ1) is 31.1. The molecular formula is C35H50N2O5. The molecule has 5 rings (SSSR count). The molecule has 7 heteroatoms. The summed E-state index contributed by atoms with van der Waals surface area (Å²) >= 11 is 0. The van der Waals surface area contributed by atoms with Crippen LogP contribution in [0.5, 0.6) is 0 Å². The molecule has 1 amide bonds. The van der Waals surface area contributed by atoms with Crippen LogP contribution in [0.2, 0.25) is 0 Å². The zero-order valence-corrected chi connectivity index (χ0v) is 27.1. The summed E-state index contributed by atoms with van der Waals surface area (Å²) in [6.45, 7) is 15.4. The molecule has 0 bridgehead atoms. The van der Waals surface area contributed by atoms with Crippen molar-refractivity contribution in [3.05, 3.63) is 23.3 Å². The Kier molecular flexibility index (Phi) is 6.93. The summed E-state index contributed by atoms with van der Waals surface area (Å²) in [4.78, 5) is 43.4. The van der Waals surface area contributed by atoms with Crippen LogP contribution in [0, 0.1) is 55.7 Å². The molecule has 8 atom stereocenters. The van der Waals surface area contributed by atoms with Crippen LogP contribution in [-0.4, -0.2) is 60.4 Å². The molecule has 3 saturated carbocycles. The Morgan fingerprint density at radius 2 is 1.69 bits per heavy atom. The summed E-state index contributed by atoms with van der Waals surface area (Å²) in [6.07, 6.45) is 8.58. The number of ether oxygens (including phenoxy) is 1. The van der Waals surface area contributed by atoms with Crippen LogP contribution in [0.15, 0.2) is 23.3 Å². The lowest BCUT2D eigenvalue weighted by atomic mass is 9.33. The maximum absolute atomic E-state index is 14.6. The highest BCUT2D eigenvalue weighted by atomic mass is 16.5. The van der Waals surface area contributed by atoms with Gasteiger partial charge in [-0.05, 0) is 73.3 Å². The Labute approximate surface area is 251 Å². The number of hydrogen-bond acceptors (Lipinski definition) is 6. The van der Waals surface area contributed by atoms with Gasteiger partial charge in [0.15, 0.2) is 11.6 Å². The molecule has 0 radical (unpaired) electrons. The molecule has 5 aliphatic rings. The number of likely N-dealkylation sites (N-methyl/N-ethyl adjacent to an activating group) is 1. The van der Waals surface area contributed by atoms with E-state index >= 15 is 0 Å². The number of nitriles is 1. The van der Waals surface area contributed by atoms with Gasteiger partial charge in [-0.1, -0.05) is 54.5 Å². The number of amides is 1. The van der Waals surface area contributed by atoms with Crippen LogP contribution in [0.4, 0.5) is 0 Å². The Morgan fingerprint density at radius 1 is 1.05 bits per heavy atom. The van der Waals surface area contributed by atoms with Crippen LogP contribution in [0.1, 0.15) is 93.4 Å².